The number of hydrogen-bond acceptors (Lipinski definition) is 5. The Morgan fingerprint density at radius 2 is 2.06 bits per heavy atom. The largest absolute Gasteiger partial charge is 0.300 e. The van der Waals surface area contributed by atoms with E-state index < -0.39 is 0 Å². The summed E-state index contributed by atoms with van der Waals surface area (Å²) in [7, 11) is 0. The minimum absolute atomic E-state index is 0.324. The third kappa shape index (κ3) is 1.86. The van der Waals surface area contributed by atoms with Crippen molar-refractivity contribution in [2.24, 2.45) is 5.84 Å². The number of thiazole rings is 1. The second-order valence-corrected chi connectivity index (χ2v) is 3.96. The number of nitrogens with zero attached hydrogens (tertiary/aromatic N) is 2. The molecule has 0 saturated heterocycles. The van der Waals surface area contributed by atoms with Crippen molar-refractivity contribution >= 4 is 16.5 Å². The van der Waals surface area contributed by atoms with Crippen LogP contribution in [0.15, 0.2) is 24.3 Å². The van der Waals surface area contributed by atoms with Crippen molar-refractivity contribution in [1.82, 2.24) is 4.98 Å². The number of hydrazine groups is 1. The van der Waals surface area contributed by atoms with Gasteiger partial charge in [0.25, 0.3) is 0 Å². The molecular formula is C10H7FN4S. The molecule has 0 bridgehead atoms. The van der Waals surface area contributed by atoms with Crippen LogP contribution < -0.4 is 11.3 Å². The van der Waals surface area contributed by atoms with Gasteiger partial charge in [-0.25, -0.2) is 15.2 Å². The van der Waals surface area contributed by atoms with Crippen LogP contribution in [-0.2, 0) is 0 Å². The first-order valence-corrected chi connectivity index (χ1v) is 5.19. The van der Waals surface area contributed by atoms with Gasteiger partial charge in [-0.1, -0.05) is 11.3 Å². The predicted molar refractivity (Wildman–Crippen MR) is 60.0 cm³/mol. The number of nitrogens with one attached hydrogen (secondary N) is 1. The molecule has 16 heavy (non-hydrogen) atoms. The Hall–Kier alpha value is -1.97. The van der Waals surface area contributed by atoms with E-state index in [4.69, 9.17) is 11.1 Å². The van der Waals surface area contributed by atoms with Gasteiger partial charge in [0, 0.05) is 5.56 Å². The normalized spacial score (nSPS) is 9.81. The summed E-state index contributed by atoms with van der Waals surface area (Å²) in [6, 6.07) is 7.83. The van der Waals surface area contributed by atoms with E-state index in [0.29, 0.717) is 21.3 Å². The molecule has 0 amide bonds. The van der Waals surface area contributed by atoms with Gasteiger partial charge >= 0.3 is 0 Å². The van der Waals surface area contributed by atoms with Crippen LogP contribution in [0.1, 0.15) is 4.88 Å². The fourth-order valence-corrected chi connectivity index (χ4v) is 1.96. The van der Waals surface area contributed by atoms with E-state index in [1.165, 1.54) is 12.1 Å². The quantitative estimate of drug-likeness (QED) is 0.616. The van der Waals surface area contributed by atoms with E-state index in [-0.39, 0.29) is 5.82 Å². The molecule has 0 unspecified atom stereocenters. The minimum Gasteiger partial charge on any atom is -0.300 e. The predicted octanol–water partition coefficient (Wildman–Crippen LogP) is 2.11. The van der Waals surface area contributed by atoms with E-state index in [2.05, 4.69) is 10.4 Å². The molecule has 3 N–H and O–H groups in total. The number of aromatic nitrogens is 1. The minimum atomic E-state index is -0.324. The zero-order valence-electron chi connectivity index (χ0n) is 8.07. The number of nitrogen functional groups attached to an aromatic ring is 1. The van der Waals surface area contributed by atoms with E-state index >= 15 is 0 Å². The Balaban J connectivity index is 2.51. The summed E-state index contributed by atoms with van der Waals surface area (Å²) in [5.41, 5.74) is 3.59. The van der Waals surface area contributed by atoms with Crippen LogP contribution in [0.3, 0.4) is 0 Å². The smallest absolute Gasteiger partial charge is 0.198 e. The molecule has 0 saturated carbocycles. The molecule has 1 aromatic carbocycles. The van der Waals surface area contributed by atoms with Gasteiger partial charge < -0.3 is 0 Å². The molecule has 0 atom stereocenters. The van der Waals surface area contributed by atoms with Gasteiger partial charge in [-0.2, -0.15) is 5.26 Å². The molecule has 2 aromatic rings. The van der Waals surface area contributed by atoms with Crippen molar-refractivity contribution in [3.8, 4) is 17.3 Å². The summed E-state index contributed by atoms with van der Waals surface area (Å²) in [4.78, 5) is 4.58. The summed E-state index contributed by atoms with van der Waals surface area (Å²) in [6.45, 7) is 0. The first kappa shape index (κ1) is 10.5. The lowest BCUT2D eigenvalue weighted by molar-refractivity contribution is 0.628. The van der Waals surface area contributed by atoms with Crippen molar-refractivity contribution in [2.75, 3.05) is 5.43 Å². The Morgan fingerprint density at radius 3 is 2.62 bits per heavy atom. The van der Waals surface area contributed by atoms with Gasteiger partial charge in [-0.3, -0.25) is 5.43 Å². The lowest BCUT2D eigenvalue weighted by Crippen LogP contribution is -2.05. The Labute approximate surface area is 95.1 Å². The van der Waals surface area contributed by atoms with Gasteiger partial charge in [0.1, 0.15) is 22.5 Å². The third-order valence-electron chi connectivity index (χ3n) is 1.97. The highest BCUT2D eigenvalue weighted by atomic mass is 32.1. The van der Waals surface area contributed by atoms with Crippen molar-refractivity contribution < 1.29 is 4.39 Å². The molecule has 0 spiro atoms. The van der Waals surface area contributed by atoms with Crippen LogP contribution in [0.5, 0.6) is 0 Å². The number of benzene rings is 1. The fourth-order valence-electron chi connectivity index (χ4n) is 1.26. The summed E-state index contributed by atoms with van der Waals surface area (Å²) in [5.74, 6) is 4.89. The zero-order valence-corrected chi connectivity index (χ0v) is 8.88. The van der Waals surface area contributed by atoms with Crippen molar-refractivity contribution in [1.29, 1.82) is 5.26 Å². The van der Waals surface area contributed by atoms with E-state index in [1.807, 2.05) is 6.07 Å². The average molecular weight is 234 g/mol. The molecule has 0 aliphatic heterocycles. The summed E-state index contributed by atoms with van der Waals surface area (Å²) < 4.78 is 12.7. The first-order valence-electron chi connectivity index (χ1n) is 4.38. The zero-order chi connectivity index (χ0) is 11.5. The SMILES string of the molecule is N#Cc1sc(NN)nc1-c1ccc(F)cc1. The number of hydrogen-bond donors (Lipinski definition) is 2. The molecule has 1 aromatic heterocycles. The van der Waals surface area contributed by atoms with Crippen molar-refractivity contribution in [2.45, 2.75) is 0 Å². The maximum atomic E-state index is 12.7. The second-order valence-electron chi connectivity index (χ2n) is 2.96. The van der Waals surface area contributed by atoms with Gasteiger partial charge in [0.2, 0.25) is 0 Å². The number of halogens is 1. The molecule has 2 rings (SSSR count). The van der Waals surface area contributed by atoms with Crippen molar-refractivity contribution in [3.63, 3.8) is 0 Å². The van der Waals surface area contributed by atoms with Crippen LogP contribution in [0.4, 0.5) is 9.52 Å². The number of rotatable bonds is 2. The number of nitriles is 1. The molecule has 0 fully saturated rings. The van der Waals surface area contributed by atoms with Crippen LogP contribution in [0.25, 0.3) is 11.3 Å². The first-order chi connectivity index (χ1) is 7.74. The number of nitrogens with two attached hydrogens (primary N) is 1. The van der Waals surface area contributed by atoms with Crippen LogP contribution in [-0.4, -0.2) is 4.98 Å². The van der Waals surface area contributed by atoms with E-state index in [0.717, 1.165) is 11.3 Å². The van der Waals surface area contributed by atoms with Crippen LogP contribution >= 0.6 is 11.3 Å². The number of anilines is 1. The third-order valence-corrected chi connectivity index (χ3v) is 2.86. The van der Waals surface area contributed by atoms with Crippen molar-refractivity contribution in [3.05, 3.63) is 35.0 Å². The van der Waals surface area contributed by atoms with E-state index in [9.17, 15) is 4.39 Å². The highest BCUT2D eigenvalue weighted by Gasteiger charge is 2.12. The highest BCUT2D eigenvalue weighted by molar-refractivity contribution is 7.16. The Bertz CT molecular complexity index is 541. The van der Waals surface area contributed by atoms with Gasteiger partial charge in [0.15, 0.2) is 5.13 Å². The van der Waals surface area contributed by atoms with E-state index in [1.54, 1.807) is 12.1 Å². The molecule has 80 valence electrons. The summed E-state index contributed by atoms with van der Waals surface area (Å²) in [6.07, 6.45) is 0. The van der Waals surface area contributed by atoms with Gasteiger partial charge in [0.05, 0.1) is 0 Å². The fraction of sp³-hybridized carbons (Fsp3) is 0. The highest BCUT2D eigenvalue weighted by Crippen LogP contribution is 2.29. The molecule has 1 heterocycles. The molecule has 0 radical (unpaired) electrons. The molecule has 4 nitrogen and oxygen atoms in total. The van der Waals surface area contributed by atoms with Gasteiger partial charge in [-0.15, -0.1) is 0 Å². The second kappa shape index (κ2) is 4.26. The topological polar surface area (TPSA) is 74.7 Å². The average Bonchev–Trinajstić information content (AvgIpc) is 2.73. The summed E-state index contributed by atoms with van der Waals surface area (Å²) in [5, 5.41) is 9.38. The Morgan fingerprint density at radius 1 is 1.38 bits per heavy atom. The molecule has 6 heteroatoms. The lowest BCUT2D eigenvalue weighted by Gasteiger charge is -1.96. The lowest BCUT2D eigenvalue weighted by atomic mass is 10.1. The van der Waals surface area contributed by atoms with Crippen LogP contribution in [0, 0.1) is 17.1 Å². The van der Waals surface area contributed by atoms with Crippen LogP contribution in [0.2, 0.25) is 0 Å². The standard InChI is InChI=1S/C10H7FN4S/c11-7-3-1-6(2-4-7)9-8(5-12)16-10(14-9)15-13/h1-4H,13H2,(H,14,15). The monoisotopic (exact) mass is 234 g/mol. The molecular weight excluding hydrogens is 227 g/mol. The summed E-state index contributed by atoms with van der Waals surface area (Å²) >= 11 is 1.16. The maximum absolute atomic E-state index is 12.7. The molecule has 0 aliphatic carbocycles. The molecule has 0 aliphatic rings. The Kier molecular flexibility index (Phi) is 2.81. The maximum Gasteiger partial charge on any atom is 0.198 e. The van der Waals surface area contributed by atoms with Gasteiger partial charge in [-0.05, 0) is 24.3 Å².